The number of carbonyl (C=O) groups excluding carboxylic acids is 1. The molecule has 1 heterocycles. The first kappa shape index (κ1) is 17.8. The van der Waals surface area contributed by atoms with Gasteiger partial charge >= 0.3 is 0 Å². The summed E-state index contributed by atoms with van der Waals surface area (Å²) < 4.78 is 5.64. The first-order valence-electron chi connectivity index (χ1n) is 8.65. The molecule has 5 heteroatoms. The lowest BCUT2D eigenvalue weighted by atomic mass is 10.2. The normalized spacial score (nSPS) is 15.8. The highest BCUT2D eigenvalue weighted by Crippen LogP contribution is 2.24. The maximum Gasteiger partial charge on any atom is 0.265 e. The second kappa shape index (κ2) is 8.37. The van der Waals surface area contributed by atoms with E-state index in [-0.39, 0.29) is 5.91 Å². The zero-order valence-corrected chi connectivity index (χ0v) is 15.1. The molecule has 1 amide bonds. The Morgan fingerprint density at radius 3 is 2.52 bits per heavy atom. The van der Waals surface area contributed by atoms with Crippen molar-refractivity contribution in [2.45, 2.75) is 32.4 Å². The van der Waals surface area contributed by atoms with Gasteiger partial charge in [-0.15, -0.1) is 0 Å². The summed E-state index contributed by atoms with van der Waals surface area (Å²) >= 11 is 6.06. The van der Waals surface area contributed by atoms with Crippen LogP contribution < -0.4 is 10.1 Å². The summed E-state index contributed by atoms with van der Waals surface area (Å²) in [6, 6.07) is 15.1. The van der Waals surface area contributed by atoms with Crippen LogP contribution in [0.4, 0.5) is 5.69 Å². The molecule has 1 saturated heterocycles. The lowest BCUT2D eigenvalue weighted by Crippen LogP contribution is -2.30. The third kappa shape index (κ3) is 4.97. The van der Waals surface area contributed by atoms with E-state index in [4.69, 9.17) is 16.3 Å². The van der Waals surface area contributed by atoms with Gasteiger partial charge in [0.25, 0.3) is 5.91 Å². The fourth-order valence-corrected chi connectivity index (χ4v) is 3.10. The molecule has 132 valence electrons. The molecule has 2 aromatic rings. The molecule has 25 heavy (non-hydrogen) atoms. The van der Waals surface area contributed by atoms with Crippen molar-refractivity contribution in [3.63, 3.8) is 0 Å². The molecule has 0 aromatic heterocycles. The number of para-hydroxylation sites is 1. The lowest BCUT2D eigenvalue weighted by molar-refractivity contribution is -0.122. The fourth-order valence-electron chi connectivity index (χ4n) is 2.92. The quantitative estimate of drug-likeness (QED) is 0.835. The summed E-state index contributed by atoms with van der Waals surface area (Å²) in [5.41, 5.74) is 2.03. The zero-order valence-electron chi connectivity index (χ0n) is 14.4. The molecule has 0 unspecified atom stereocenters. The predicted molar refractivity (Wildman–Crippen MR) is 101 cm³/mol. The van der Waals surface area contributed by atoms with E-state index in [1.165, 1.54) is 31.5 Å². The summed E-state index contributed by atoms with van der Waals surface area (Å²) in [6.07, 6.45) is 1.94. The van der Waals surface area contributed by atoms with Crippen molar-refractivity contribution in [2.24, 2.45) is 0 Å². The molecule has 1 fully saturated rings. The second-order valence-corrected chi connectivity index (χ2v) is 6.77. The molecule has 0 aliphatic carbocycles. The fraction of sp³-hybridized carbons (Fsp3) is 0.350. The van der Waals surface area contributed by atoms with Gasteiger partial charge in [-0.25, -0.2) is 0 Å². The van der Waals surface area contributed by atoms with E-state index in [2.05, 4.69) is 22.3 Å². The van der Waals surface area contributed by atoms with Crippen molar-refractivity contribution in [3.05, 3.63) is 59.1 Å². The van der Waals surface area contributed by atoms with Crippen LogP contribution in [0.1, 0.15) is 25.3 Å². The van der Waals surface area contributed by atoms with Crippen molar-refractivity contribution >= 4 is 23.2 Å². The molecule has 3 rings (SSSR count). The standard InChI is InChI=1S/C20H23ClN2O2/c1-15(25-19-7-3-2-6-18(19)21)20(24)22-17-10-8-16(9-11-17)14-23-12-4-5-13-23/h2-3,6-11,15H,4-5,12-14H2,1H3,(H,22,24)/t15-/m0/s1. The zero-order chi connectivity index (χ0) is 17.6. The molecule has 2 aromatic carbocycles. The van der Waals surface area contributed by atoms with Crippen LogP contribution in [0, 0.1) is 0 Å². The maximum absolute atomic E-state index is 12.3. The van der Waals surface area contributed by atoms with Gasteiger partial charge in [0.1, 0.15) is 5.75 Å². The van der Waals surface area contributed by atoms with Crippen molar-refractivity contribution in [3.8, 4) is 5.75 Å². The molecule has 1 aliphatic rings. The average molecular weight is 359 g/mol. The number of hydrogen-bond donors (Lipinski definition) is 1. The number of rotatable bonds is 6. The molecule has 0 saturated carbocycles. The minimum atomic E-state index is -0.635. The highest BCUT2D eigenvalue weighted by Gasteiger charge is 2.16. The molecule has 0 bridgehead atoms. The number of anilines is 1. The van der Waals surface area contributed by atoms with E-state index in [1.807, 2.05) is 24.3 Å². The van der Waals surface area contributed by atoms with Crippen molar-refractivity contribution in [1.82, 2.24) is 4.90 Å². The number of ether oxygens (including phenoxy) is 1. The Morgan fingerprint density at radius 1 is 1.16 bits per heavy atom. The van der Waals surface area contributed by atoms with Gasteiger partial charge in [0.2, 0.25) is 0 Å². The number of likely N-dealkylation sites (tertiary alicyclic amines) is 1. The highest BCUT2D eigenvalue weighted by molar-refractivity contribution is 6.32. The van der Waals surface area contributed by atoms with Crippen LogP contribution in [-0.2, 0) is 11.3 Å². The minimum absolute atomic E-state index is 0.202. The topological polar surface area (TPSA) is 41.6 Å². The Morgan fingerprint density at radius 2 is 1.84 bits per heavy atom. The minimum Gasteiger partial charge on any atom is -0.479 e. The summed E-state index contributed by atoms with van der Waals surface area (Å²) in [7, 11) is 0. The van der Waals surface area contributed by atoms with Crippen molar-refractivity contribution in [2.75, 3.05) is 18.4 Å². The third-order valence-corrected chi connectivity index (χ3v) is 4.65. The first-order chi connectivity index (χ1) is 12.1. The third-order valence-electron chi connectivity index (χ3n) is 4.34. The van der Waals surface area contributed by atoms with E-state index >= 15 is 0 Å². The Kier molecular flexibility index (Phi) is 5.95. The van der Waals surface area contributed by atoms with Gasteiger partial charge in [-0.05, 0) is 62.7 Å². The van der Waals surface area contributed by atoms with Gasteiger partial charge in [0.15, 0.2) is 6.10 Å². The number of benzene rings is 2. The smallest absolute Gasteiger partial charge is 0.265 e. The number of halogens is 1. The van der Waals surface area contributed by atoms with Gasteiger partial charge in [-0.3, -0.25) is 9.69 Å². The van der Waals surface area contributed by atoms with E-state index in [9.17, 15) is 4.79 Å². The molecular weight excluding hydrogens is 336 g/mol. The molecule has 1 atom stereocenters. The van der Waals surface area contributed by atoms with Crippen molar-refractivity contribution in [1.29, 1.82) is 0 Å². The van der Waals surface area contributed by atoms with Crippen LogP contribution >= 0.6 is 11.6 Å². The summed E-state index contributed by atoms with van der Waals surface area (Å²) in [6.45, 7) is 5.03. The van der Waals surface area contributed by atoms with Crippen LogP contribution in [0.3, 0.4) is 0 Å². The van der Waals surface area contributed by atoms with Gasteiger partial charge in [-0.1, -0.05) is 35.9 Å². The molecular formula is C20H23ClN2O2. The lowest BCUT2D eigenvalue weighted by Gasteiger charge is -2.16. The van der Waals surface area contributed by atoms with E-state index < -0.39 is 6.10 Å². The van der Waals surface area contributed by atoms with Crippen molar-refractivity contribution < 1.29 is 9.53 Å². The summed E-state index contributed by atoms with van der Waals surface area (Å²) in [4.78, 5) is 14.8. The Bertz CT molecular complexity index is 712. The largest absolute Gasteiger partial charge is 0.479 e. The van der Waals surface area contributed by atoms with Crippen LogP contribution in [0.5, 0.6) is 5.75 Å². The van der Waals surface area contributed by atoms with Gasteiger partial charge < -0.3 is 10.1 Å². The first-order valence-corrected chi connectivity index (χ1v) is 9.03. The highest BCUT2D eigenvalue weighted by atomic mass is 35.5. The van der Waals surface area contributed by atoms with E-state index in [0.29, 0.717) is 10.8 Å². The van der Waals surface area contributed by atoms with Crippen LogP contribution in [0.25, 0.3) is 0 Å². The number of carbonyl (C=O) groups is 1. The van der Waals surface area contributed by atoms with Crippen LogP contribution in [-0.4, -0.2) is 30.0 Å². The molecule has 0 radical (unpaired) electrons. The van der Waals surface area contributed by atoms with Crippen LogP contribution in [0.2, 0.25) is 5.02 Å². The molecule has 1 aliphatic heterocycles. The number of hydrogen-bond acceptors (Lipinski definition) is 3. The maximum atomic E-state index is 12.3. The monoisotopic (exact) mass is 358 g/mol. The van der Waals surface area contributed by atoms with E-state index in [0.717, 1.165) is 12.2 Å². The van der Waals surface area contributed by atoms with Gasteiger partial charge in [0.05, 0.1) is 5.02 Å². The predicted octanol–water partition coefficient (Wildman–Crippen LogP) is 4.34. The van der Waals surface area contributed by atoms with Crippen LogP contribution in [0.15, 0.2) is 48.5 Å². The van der Waals surface area contributed by atoms with E-state index in [1.54, 1.807) is 19.1 Å². The Hall–Kier alpha value is -2.04. The summed E-state index contributed by atoms with van der Waals surface area (Å²) in [5.74, 6) is 0.306. The molecule has 4 nitrogen and oxygen atoms in total. The molecule has 1 N–H and O–H groups in total. The number of nitrogens with zero attached hydrogens (tertiary/aromatic N) is 1. The summed E-state index contributed by atoms with van der Waals surface area (Å²) in [5, 5.41) is 3.38. The number of nitrogens with one attached hydrogen (secondary N) is 1. The van der Waals surface area contributed by atoms with Gasteiger partial charge in [0, 0.05) is 12.2 Å². The second-order valence-electron chi connectivity index (χ2n) is 6.36. The Balaban J connectivity index is 1.54. The van der Waals surface area contributed by atoms with Gasteiger partial charge in [-0.2, -0.15) is 0 Å². The molecule has 0 spiro atoms. The Labute approximate surface area is 153 Å². The SMILES string of the molecule is C[C@H](Oc1ccccc1Cl)C(=O)Nc1ccc(CN2CCCC2)cc1. The average Bonchev–Trinajstić information content (AvgIpc) is 3.11. The number of amides is 1.